The predicted octanol–water partition coefficient (Wildman–Crippen LogP) is 2.77. The molecule has 6 heteroatoms. The maximum atomic E-state index is 13.7. The van der Waals surface area contributed by atoms with Crippen LogP contribution in [0.5, 0.6) is 0 Å². The number of H-pyrrole nitrogens is 1. The summed E-state index contributed by atoms with van der Waals surface area (Å²) in [5, 5.41) is 8.60. The first-order valence-corrected chi connectivity index (χ1v) is 6.13. The minimum atomic E-state index is -1.21. The lowest BCUT2D eigenvalue weighted by Gasteiger charge is -2.08. The molecule has 1 aromatic carbocycles. The molecule has 0 fully saturated rings. The first kappa shape index (κ1) is 15.8. The molecule has 2 rings (SSSR count). The highest BCUT2D eigenvalue weighted by atomic mass is 19.2. The number of halogens is 2. The SMILES string of the molecule is CC.Cc1c(CC(=O)O)c(=O)[nH]c2ccc(F)c(F)c12. The monoisotopic (exact) mass is 283 g/mol. The number of nitrogens with one attached hydrogen (secondary N) is 1. The lowest BCUT2D eigenvalue weighted by Crippen LogP contribution is -2.18. The van der Waals surface area contributed by atoms with Gasteiger partial charge in [-0.1, -0.05) is 13.8 Å². The van der Waals surface area contributed by atoms with E-state index in [-0.39, 0.29) is 22.0 Å². The van der Waals surface area contributed by atoms with Crippen molar-refractivity contribution in [2.24, 2.45) is 0 Å². The topological polar surface area (TPSA) is 70.2 Å². The number of rotatable bonds is 2. The second-order valence-corrected chi connectivity index (χ2v) is 3.91. The van der Waals surface area contributed by atoms with Crippen LogP contribution in [0.4, 0.5) is 8.78 Å². The molecular weight excluding hydrogens is 268 g/mol. The summed E-state index contributed by atoms with van der Waals surface area (Å²) >= 11 is 0. The number of carbonyl (C=O) groups is 1. The number of fused-ring (bicyclic) bond motifs is 1. The van der Waals surface area contributed by atoms with E-state index in [2.05, 4.69) is 4.98 Å². The zero-order chi connectivity index (χ0) is 15.4. The van der Waals surface area contributed by atoms with Gasteiger partial charge in [0.15, 0.2) is 11.6 Å². The standard InChI is InChI=1S/C12H9F2NO3.C2H6/c1-5-6(4-9(16)17)12(18)15-8-3-2-7(13)11(14)10(5)8;1-2/h2-3H,4H2,1H3,(H,15,18)(H,16,17);1-2H3. The maximum Gasteiger partial charge on any atom is 0.308 e. The Balaban J connectivity index is 0.000000956. The van der Waals surface area contributed by atoms with Crippen molar-refractivity contribution in [3.8, 4) is 0 Å². The number of aliphatic carboxylic acids is 1. The molecule has 0 aliphatic heterocycles. The molecule has 0 bridgehead atoms. The number of aromatic nitrogens is 1. The van der Waals surface area contributed by atoms with E-state index >= 15 is 0 Å². The Morgan fingerprint density at radius 3 is 2.45 bits per heavy atom. The number of hydrogen-bond acceptors (Lipinski definition) is 2. The lowest BCUT2D eigenvalue weighted by atomic mass is 10.0. The number of carboxylic acid groups (broad SMARTS) is 1. The van der Waals surface area contributed by atoms with Crippen molar-refractivity contribution in [2.75, 3.05) is 0 Å². The number of benzene rings is 1. The molecule has 0 spiro atoms. The molecule has 0 radical (unpaired) electrons. The molecular formula is C14H15F2NO3. The van der Waals surface area contributed by atoms with E-state index in [0.29, 0.717) is 0 Å². The molecule has 0 unspecified atom stereocenters. The van der Waals surface area contributed by atoms with Gasteiger partial charge in [0.05, 0.1) is 11.9 Å². The number of aromatic amines is 1. The average Bonchev–Trinajstić information content (AvgIpc) is 2.41. The van der Waals surface area contributed by atoms with E-state index < -0.39 is 29.6 Å². The zero-order valence-electron chi connectivity index (χ0n) is 11.4. The van der Waals surface area contributed by atoms with Gasteiger partial charge in [0.25, 0.3) is 5.56 Å². The fourth-order valence-electron chi connectivity index (χ4n) is 1.90. The van der Waals surface area contributed by atoms with Crippen LogP contribution >= 0.6 is 0 Å². The van der Waals surface area contributed by atoms with Gasteiger partial charge in [-0.05, 0) is 24.6 Å². The van der Waals surface area contributed by atoms with Crippen LogP contribution in [-0.2, 0) is 11.2 Å². The maximum absolute atomic E-state index is 13.7. The van der Waals surface area contributed by atoms with E-state index in [1.54, 1.807) is 0 Å². The van der Waals surface area contributed by atoms with Gasteiger partial charge in [-0.2, -0.15) is 0 Å². The number of hydrogen-bond donors (Lipinski definition) is 2. The third-order valence-corrected chi connectivity index (χ3v) is 2.77. The highest BCUT2D eigenvalue weighted by molar-refractivity contribution is 5.85. The van der Waals surface area contributed by atoms with Crippen LogP contribution < -0.4 is 5.56 Å². The Morgan fingerprint density at radius 1 is 1.30 bits per heavy atom. The molecule has 0 amide bonds. The van der Waals surface area contributed by atoms with Crippen molar-refractivity contribution >= 4 is 16.9 Å². The van der Waals surface area contributed by atoms with Crippen LogP contribution in [-0.4, -0.2) is 16.1 Å². The predicted molar refractivity (Wildman–Crippen MR) is 71.9 cm³/mol. The van der Waals surface area contributed by atoms with Gasteiger partial charge in [-0.25, -0.2) is 8.78 Å². The third kappa shape index (κ3) is 2.84. The molecule has 4 nitrogen and oxygen atoms in total. The average molecular weight is 283 g/mol. The van der Waals surface area contributed by atoms with E-state index in [4.69, 9.17) is 5.11 Å². The van der Waals surface area contributed by atoms with Crippen molar-refractivity contribution in [2.45, 2.75) is 27.2 Å². The zero-order valence-corrected chi connectivity index (χ0v) is 11.4. The molecule has 0 atom stereocenters. The Hall–Kier alpha value is -2.24. The van der Waals surface area contributed by atoms with Crippen molar-refractivity contribution in [1.29, 1.82) is 0 Å². The van der Waals surface area contributed by atoms with Crippen LogP contribution in [0.1, 0.15) is 25.0 Å². The highest BCUT2D eigenvalue weighted by Gasteiger charge is 2.16. The van der Waals surface area contributed by atoms with Crippen LogP contribution in [0.2, 0.25) is 0 Å². The second kappa shape index (κ2) is 6.27. The van der Waals surface area contributed by atoms with Gasteiger partial charge in [0.2, 0.25) is 0 Å². The molecule has 0 aliphatic carbocycles. The van der Waals surface area contributed by atoms with E-state index in [1.165, 1.54) is 13.0 Å². The second-order valence-electron chi connectivity index (χ2n) is 3.91. The van der Waals surface area contributed by atoms with Gasteiger partial charge in [-0.3, -0.25) is 9.59 Å². The molecule has 1 aromatic heterocycles. The number of carboxylic acids is 1. The van der Waals surface area contributed by atoms with Crippen molar-refractivity contribution in [3.63, 3.8) is 0 Å². The molecule has 0 aliphatic rings. The summed E-state index contributed by atoms with van der Waals surface area (Å²) in [5.41, 5.74) is -0.383. The van der Waals surface area contributed by atoms with Gasteiger partial charge >= 0.3 is 5.97 Å². The first-order valence-electron chi connectivity index (χ1n) is 6.13. The number of aryl methyl sites for hydroxylation is 1. The Kier molecular flexibility index (Phi) is 4.96. The summed E-state index contributed by atoms with van der Waals surface area (Å²) in [6, 6.07) is 2.15. The van der Waals surface area contributed by atoms with Crippen molar-refractivity contribution in [1.82, 2.24) is 4.98 Å². The minimum Gasteiger partial charge on any atom is -0.481 e. The fraction of sp³-hybridized carbons (Fsp3) is 0.286. The lowest BCUT2D eigenvalue weighted by molar-refractivity contribution is -0.136. The molecule has 0 saturated heterocycles. The van der Waals surface area contributed by atoms with Gasteiger partial charge < -0.3 is 10.1 Å². The van der Waals surface area contributed by atoms with Crippen molar-refractivity contribution in [3.05, 3.63) is 45.2 Å². The largest absolute Gasteiger partial charge is 0.481 e. The fourth-order valence-corrected chi connectivity index (χ4v) is 1.90. The number of pyridine rings is 1. The van der Waals surface area contributed by atoms with E-state index in [0.717, 1.165) is 6.07 Å². The summed E-state index contributed by atoms with van der Waals surface area (Å²) < 4.78 is 26.8. The minimum absolute atomic E-state index is 0.0699. The third-order valence-electron chi connectivity index (χ3n) is 2.77. The summed E-state index contributed by atoms with van der Waals surface area (Å²) in [6.07, 6.45) is -0.535. The quantitative estimate of drug-likeness (QED) is 0.890. The van der Waals surface area contributed by atoms with Crippen LogP contribution in [0.25, 0.3) is 10.9 Å². The molecule has 2 aromatic rings. The van der Waals surface area contributed by atoms with Crippen LogP contribution in [0, 0.1) is 18.6 Å². The molecule has 108 valence electrons. The Labute approximate surface area is 114 Å². The smallest absolute Gasteiger partial charge is 0.308 e. The summed E-state index contributed by atoms with van der Waals surface area (Å²) in [6.45, 7) is 5.40. The normalized spacial score (nSPS) is 10.1. The van der Waals surface area contributed by atoms with Gasteiger partial charge in [0.1, 0.15) is 0 Å². The molecule has 20 heavy (non-hydrogen) atoms. The molecule has 1 heterocycles. The van der Waals surface area contributed by atoms with Gasteiger partial charge in [0, 0.05) is 10.9 Å². The van der Waals surface area contributed by atoms with Crippen LogP contribution in [0.15, 0.2) is 16.9 Å². The van der Waals surface area contributed by atoms with Crippen molar-refractivity contribution < 1.29 is 18.7 Å². The Morgan fingerprint density at radius 2 is 1.90 bits per heavy atom. The molecule has 0 saturated carbocycles. The summed E-state index contributed by atoms with van der Waals surface area (Å²) in [5.74, 6) is -3.34. The summed E-state index contributed by atoms with van der Waals surface area (Å²) in [4.78, 5) is 24.6. The van der Waals surface area contributed by atoms with Crippen LogP contribution in [0.3, 0.4) is 0 Å². The highest BCUT2D eigenvalue weighted by Crippen LogP contribution is 2.23. The van der Waals surface area contributed by atoms with Gasteiger partial charge in [-0.15, -0.1) is 0 Å². The molecule has 2 N–H and O–H groups in total. The summed E-state index contributed by atoms with van der Waals surface area (Å²) in [7, 11) is 0. The Bertz CT molecular complexity index is 708. The van der Waals surface area contributed by atoms with E-state index in [1.807, 2.05) is 13.8 Å². The van der Waals surface area contributed by atoms with E-state index in [9.17, 15) is 18.4 Å². The first-order chi connectivity index (χ1) is 9.41.